The van der Waals surface area contributed by atoms with Crippen LogP contribution in [-0.4, -0.2) is 37.7 Å². The number of benzene rings is 1. The molecule has 1 fully saturated rings. The van der Waals surface area contributed by atoms with Crippen molar-refractivity contribution >= 4 is 0 Å². The fourth-order valence-corrected chi connectivity index (χ4v) is 3.06. The molecule has 118 valence electrons. The molecule has 1 saturated heterocycles. The second kappa shape index (κ2) is 7.23. The Bertz CT molecular complexity index is 464. The molecule has 4 heteroatoms. The zero-order valence-electron chi connectivity index (χ0n) is 13.5. The average Bonchev–Trinajstić information content (AvgIpc) is 2.93. The van der Waals surface area contributed by atoms with Gasteiger partial charge in [0.05, 0.1) is 7.11 Å². The van der Waals surface area contributed by atoms with Gasteiger partial charge in [-0.25, -0.2) is 4.39 Å². The number of ether oxygens (including phenoxy) is 1. The van der Waals surface area contributed by atoms with E-state index in [4.69, 9.17) is 4.74 Å². The van der Waals surface area contributed by atoms with E-state index < -0.39 is 0 Å². The summed E-state index contributed by atoms with van der Waals surface area (Å²) >= 11 is 0. The highest BCUT2D eigenvalue weighted by Crippen LogP contribution is 2.28. The summed E-state index contributed by atoms with van der Waals surface area (Å²) in [6.45, 7) is 9.69. The van der Waals surface area contributed by atoms with E-state index in [0.717, 1.165) is 13.1 Å². The van der Waals surface area contributed by atoms with E-state index >= 15 is 0 Å². The Morgan fingerprint density at radius 2 is 2.14 bits per heavy atom. The number of halogens is 1. The summed E-state index contributed by atoms with van der Waals surface area (Å²) in [4.78, 5) is 2.50. The Balaban J connectivity index is 1.92. The van der Waals surface area contributed by atoms with Gasteiger partial charge in [-0.2, -0.15) is 0 Å². The molecule has 0 saturated carbocycles. The molecule has 21 heavy (non-hydrogen) atoms. The number of rotatable bonds is 6. The monoisotopic (exact) mass is 294 g/mol. The molecule has 1 heterocycles. The molecular weight excluding hydrogens is 267 g/mol. The van der Waals surface area contributed by atoms with Crippen LogP contribution in [-0.2, 0) is 0 Å². The molecule has 3 nitrogen and oxygen atoms in total. The predicted molar refractivity (Wildman–Crippen MR) is 84.2 cm³/mol. The molecule has 2 unspecified atom stereocenters. The van der Waals surface area contributed by atoms with Crippen molar-refractivity contribution in [3.63, 3.8) is 0 Å². The van der Waals surface area contributed by atoms with E-state index in [-0.39, 0.29) is 11.9 Å². The second-order valence-corrected chi connectivity index (χ2v) is 6.23. The molecule has 1 aliphatic rings. The highest BCUT2D eigenvalue weighted by Gasteiger charge is 2.25. The van der Waals surface area contributed by atoms with Gasteiger partial charge in [0.1, 0.15) is 11.6 Å². The molecule has 0 radical (unpaired) electrons. The Morgan fingerprint density at radius 3 is 2.76 bits per heavy atom. The van der Waals surface area contributed by atoms with E-state index in [0.29, 0.717) is 23.3 Å². The van der Waals surface area contributed by atoms with Crippen molar-refractivity contribution in [3.05, 3.63) is 29.6 Å². The largest absolute Gasteiger partial charge is 0.496 e. The standard InChI is InChI=1S/C17H27FN2O/c1-12(2)20-9-8-14(11-20)10-19-13(3)17-15(18)6-5-7-16(17)21-4/h5-7,12-14,19H,8-11H2,1-4H3. The molecule has 0 aliphatic carbocycles. The molecule has 1 aromatic rings. The van der Waals surface area contributed by atoms with Crippen LogP contribution < -0.4 is 10.1 Å². The van der Waals surface area contributed by atoms with Gasteiger partial charge in [-0.3, -0.25) is 0 Å². The summed E-state index contributed by atoms with van der Waals surface area (Å²) in [5.41, 5.74) is 0.624. The second-order valence-electron chi connectivity index (χ2n) is 6.23. The normalized spacial score (nSPS) is 21.0. The van der Waals surface area contributed by atoms with Crippen LogP contribution >= 0.6 is 0 Å². The first-order valence-corrected chi connectivity index (χ1v) is 7.82. The van der Waals surface area contributed by atoms with E-state index in [1.165, 1.54) is 19.0 Å². The topological polar surface area (TPSA) is 24.5 Å². The SMILES string of the molecule is COc1cccc(F)c1C(C)NCC1CCN(C(C)C)C1. The van der Waals surface area contributed by atoms with Crippen molar-refractivity contribution in [3.8, 4) is 5.75 Å². The maximum atomic E-state index is 14.0. The molecule has 1 aromatic carbocycles. The van der Waals surface area contributed by atoms with Crippen LogP contribution in [0.1, 0.15) is 38.8 Å². The van der Waals surface area contributed by atoms with E-state index in [1.807, 2.05) is 13.0 Å². The molecule has 0 amide bonds. The lowest BCUT2D eigenvalue weighted by atomic mass is 10.0. The van der Waals surface area contributed by atoms with Crippen LogP contribution in [0.3, 0.4) is 0 Å². The third-order valence-electron chi connectivity index (χ3n) is 4.43. The van der Waals surface area contributed by atoms with Crippen molar-refractivity contribution in [1.82, 2.24) is 10.2 Å². The van der Waals surface area contributed by atoms with Crippen LogP contribution in [0.5, 0.6) is 5.75 Å². The van der Waals surface area contributed by atoms with Gasteiger partial charge in [0.15, 0.2) is 0 Å². The van der Waals surface area contributed by atoms with Crippen LogP contribution in [0, 0.1) is 11.7 Å². The number of nitrogens with zero attached hydrogens (tertiary/aromatic N) is 1. The first-order chi connectivity index (χ1) is 10.0. The van der Waals surface area contributed by atoms with Gasteiger partial charge in [-0.15, -0.1) is 0 Å². The van der Waals surface area contributed by atoms with Crippen LogP contribution in [0.15, 0.2) is 18.2 Å². The fourth-order valence-electron chi connectivity index (χ4n) is 3.06. The van der Waals surface area contributed by atoms with Gasteiger partial charge in [0.2, 0.25) is 0 Å². The summed E-state index contributed by atoms with van der Waals surface area (Å²) in [5.74, 6) is 1.06. The number of methoxy groups -OCH3 is 1. The maximum Gasteiger partial charge on any atom is 0.131 e. The van der Waals surface area contributed by atoms with Crippen molar-refractivity contribution < 1.29 is 9.13 Å². The number of likely N-dealkylation sites (tertiary alicyclic amines) is 1. The molecule has 1 N–H and O–H groups in total. The number of hydrogen-bond acceptors (Lipinski definition) is 3. The van der Waals surface area contributed by atoms with Crippen molar-refractivity contribution in [2.24, 2.45) is 5.92 Å². The fraction of sp³-hybridized carbons (Fsp3) is 0.647. The predicted octanol–water partition coefficient (Wildman–Crippen LogP) is 3.22. The van der Waals surface area contributed by atoms with Crippen molar-refractivity contribution in [2.75, 3.05) is 26.7 Å². The van der Waals surface area contributed by atoms with E-state index in [2.05, 4.69) is 24.1 Å². The Kier molecular flexibility index (Phi) is 5.59. The smallest absolute Gasteiger partial charge is 0.131 e. The van der Waals surface area contributed by atoms with Crippen LogP contribution in [0.4, 0.5) is 4.39 Å². The minimum Gasteiger partial charge on any atom is -0.496 e. The van der Waals surface area contributed by atoms with Gasteiger partial charge in [-0.1, -0.05) is 6.07 Å². The lowest BCUT2D eigenvalue weighted by Crippen LogP contribution is -2.31. The van der Waals surface area contributed by atoms with Crippen molar-refractivity contribution in [2.45, 2.75) is 39.3 Å². The summed E-state index contributed by atoms with van der Waals surface area (Å²) in [6.07, 6.45) is 1.21. The van der Waals surface area contributed by atoms with E-state index in [9.17, 15) is 4.39 Å². The quantitative estimate of drug-likeness (QED) is 0.872. The van der Waals surface area contributed by atoms with Gasteiger partial charge < -0.3 is 15.0 Å². The molecule has 2 atom stereocenters. The Labute approximate surface area is 127 Å². The maximum absolute atomic E-state index is 14.0. The summed E-state index contributed by atoms with van der Waals surface area (Å²) in [5, 5.41) is 3.47. The van der Waals surface area contributed by atoms with Crippen molar-refractivity contribution in [1.29, 1.82) is 0 Å². The van der Waals surface area contributed by atoms with Crippen LogP contribution in [0.25, 0.3) is 0 Å². The van der Waals surface area contributed by atoms with E-state index in [1.54, 1.807) is 13.2 Å². The Hall–Kier alpha value is -1.13. The lowest BCUT2D eigenvalue weighted by molar-refractivity contribution is 0.262. The molecule has 0 aromatic heterocycles. The molecule has 0 bridgehead atoms. The first kappa shape index (κ1) is 16.2. The summed E-state index contributed by atoms with van der Waals surface area (Å²) < 4.78 is 19.3. The van der Waals surface area contributed by atoms with Gasteiger partial charge >= 0.3 is 0 Å². The third-order valence-corrected chi connectivity index (χ3v) is 4.43. The average molecular weight is 294 g/mol. The summed E-state index contributed by atoms with van der Waals surface area (Å²) in [7, 11) is 1.59. The van der Waals surface area contributed by atoms with Gasteiger partial charge in [0, 0.05) is 24.2 Å². The molecule has 1 aliphatic heterocycles. The highest BCUT2D eigenvalue weighted by molar-refractivity contribution is 5.36. The molecular formula is C17H27FN2O. The zero-order chi connectivity index (χ0) is 15.4. The molecule has 0 spiro atoms. The number of hydrogen-bond donors (Lipinski definition) is 1. The Morgan fingerprint density at radius 1 is 1.38 bits per heavy atom. The van der Waals surface area contributed by atoms with Crippen LogP contribution in [0.2, 0.25) is 0 Å². The molecule has 2 rings (SSSR count). The lowest BCUT2D eigenvalue weighted by Gasteiger charge is -2.22. The third kappa shape index (κ3) is 3.95. The minimum absolute atomic E-state index is 0.0470. The summed E-state index contributed by atoms with van der Waals surface area (Å²) in [6, 6.07) is 5.55. The zero-order valence-corrected chi connectivity index (χ0v) is 13.5. The van der Waals surface area contributed by atoms with Gasteiger partial charge in [-0.05, 0) is 58.3 Å². The van der Waals surface area contributed by atoms with Gasteiger partial charge in [0.25, 0.3) is 0 Å². The highest BCUT2D eigenvalue weighted by atomic mass is 19.1. The first-order valence-electron chi connectivity index (χ1n) is 7.82. The number of nitrogens with one attached hydrogen (secondary N) is 1. The minimum atomic E-state index is -0.204.